The molecule has 1 N–H and O–H groups in total. The van der Waals surface area contributed by atoms with Crippen LogP contribution in [0.25, 0.3) is 0 Å². The number of hydrogen-bond donors (Lipinski definition) is 1. The first-order chi connectivity index (χ1) is 10.3. The lowest BCUT2D eigenvalue weighted by atomic mass is 10.0. The molecule has 1 aromatic carbocycles. The van der Waals surface area contributed by atoms with E-state index in [1.165, 1.54) is 18.4 Å². The van der Waals surface area contributed by atoms with Crippen molar-refractivity contribution in [3.05, 3.63) is 34.9 Å². The predicted molar refractivity (Wildman–Crippen MR) is 89.0 cm³/mol. The Kier molecular flexibility index (Phi) is 6.97. The van der Waals surface area contributed by atoms with Crippen molar-refractivity contribution in [1.82, 2.24) is 10.2 Å². The Morgan fingerprint density at radius 3 is 2.71 bits per heavy atom. The van der Waals surface area contributed by atoms with Gasteiger partial charge in [0, 0.05) is 37.3 Å². The van der Waals surface area contributed by atoms with Crippen LogP contribution in [-0.4, -0.2) is 44.3 Å². The fourth-order valence-corrected chi connectivity index (χ4v) is 3.06. The molecule has 0 saturated heterocycles. The van der Waals surface area contributed by atoms with E-state index in [1.807, 2.05) is 12.1 Å². The van der Waals surface area contributed by atoms with E-state index >= 15 is 0 Å². The van der Waals surface area contributed by atoms with Gasteiger partial charge in [0.1, 0.15) is 0 Å². The van der Waals surface area contributed by atoms with E-state index < -0.39 is 0 Å². The summed E-state index contributed by atoms with van der Waals surface area (Å²) in [6.07, 6.45) is 3.75. The minimum Gasteiger partial charge on any atom is -0.383 e. The Bertz CT molecular complexity index is 423. The summed E-state index contributed by atoms with van der Waals surface area (Å²) in [4.78, 5) is 2.56. The van der Waals surface area contributed by atoms with Crippen molar-refractivity contribution in [3.8, 4) is 0 Å². The first-order valence-corrected chi connectivity index (χ1v) is 8.34. The summed E-state index contributed by atoms with van der Waals surface area (Å²) in [5.41, 5.74) is 1.21. The van der Waals surface area contributed by atoms with Crippen LogP contribution in [0.2, 0.25) is 5.02 Å². The SMILES string of the molecule is CCNC(CCN(CCOC)C1CC1)c1ccccc1Cl. The third kappa shape index (κ3) is 5.26. The minimum atomic E-state index is 0.326. The van der Waals surface area contributed by atoms with Gasteiger partial charge in [0.25, 0.3) is 0 Å². The van der Waals surface area contributed by atoms with Crippen LogP contribution in [0.3, 0.4) is 0 Å². The van der Waals surface area contributed by atoms with E-state index in [9.17, 15) is 0 Å². The predicted octanol–water partition coefficient (Wildman–Crippen LogP) is 3.49. The zero-order chi connectivity index (χ0) is 15.1. The number of benzene rings is 1. The second-order valence-corrected chi connectivity index (χ2v) is 6.09. The summed E-state index contributed by atoms with van der Waals surface area (Å²) in [5.74, 6) is 0. The number of nitrogens with one attached hydrogen (secondary N) is 1. The number of rotatable bonds is 10. The third-order valence-corrected chi connectivity index (χ3v) is 4.43. The lowest BCUT2D eigenvalue weighted by Gasteiger charge is -2.26. The van der Waals surface area contributed by atoms with Crippen LogP contribution in [-0.2, 0) is 4.74 Å². The molecule has 0 spiro atoms. The zero-order valence-corrected chi connectivity index (χ0v) is 13.9. The second-order valence-electron chi connectivity index (χ2n) is 5.68. The molecule has 2 rings (SSSR count). The topological polar surface area (TPSA) is 24.5 Å². The monoisotopic (exact) mass is 310 g/mol. The summed E-state index contributed by atoms with van der Waals surface area (Å²) in [6, 6.07) is 9.26. The van der Waals surface area contributed by atoms with Crippen LogP contribution in [0.5, 0.6) is 0 Å². The largest absolute Gasteiger partial charge is 0.383 e. The Hall–Kier alpha value is -0.610. The van der Waals surface area contributed by atoms with Crippen LogP contribution in [0, 0.1) is 0 Å². The molecule has 0 radical (unpaired) electrons. The Balaban J connectivity index is 1.94. The summed E-state index contributed by atoms with van der Waals surface area (Å²) >= 11 is 6.35. The van der Waals surface area contributed by atoms with Gasteiger partial charge in [0.15, 0.2) is 0 Å². The molecule has 1 unspecified atom stereocenters. The molecular weight excluding hydrogens is 284 g/mol. The molecule has 1 fully saturated rings. The van der Waals surface area contributed by atoms with Crippen LogP contribution in [0.15, 0.2) is 24.3 Å². The Labute approximate surface area is 133 Å². The molecule has 118 valence electrons. The summed E-state index contributed by atoms with van der Waals surface area (Å²) in [7, 11) is 1.77. The van der Waals surface area contributed by atoms with Gasteiger partial charge in [-0.15, -0.1) is 0 Å². The molecule has 0 bridgehead atoms. The molecule has 0 aliphatic heterocycles. The molecule has 21 heavy (non-hydrogen) atoms. The van der Waals surface area contributed by atoms with Gasteiger partial charge in [-0.1, -0.05) is 36.7 Å². The van der Waals surface area contributed by atoms with Crippen molar-refractivity contribution < 1.29 is 4.74 Å². The minimum absolute atomic E-state index is 0.326. The maximum atomic E-state index is 6.35. The van der Waals surface area contributed by atoms with Crippen molar-refractivity contribution in [2.45, 2.75) is 38.3 Å². The standard InChI is InChI=1S/C17H27ClN2O/c1-3-19-17(15-6-4-5-7-16(15)18)10-11-20(12-13-21-2)14-8-9-14/h4-7,14,17,19H,3,8-13H2,1-2H3. The molecule has 0 aromatic heterocycles. The highest BCUT2D eigenvalue weighted by Crippen LogP contribution is 2.29. The van der Waals surface area contributed by atoms with E-state index in [-0.39, 0.29) is 0 Å². The molecule has 1 aliphatic rings. The first kappa shape index (κ1) is 16.8. The first-order valence-electron chi connectivity index (χ1n) is 7.97. The van der Waals surface area contributed by atoms with Gasteiger partial charge in [-0.25, -0.2) is 0 Å². The van der Waals surface area contributed by atoms with Crippen LogP contribution in [0.4, 0.5) is 0 Å². The lowest BCUT2D eigenvalue weighted by Crippen LogP contribution is -2.33. The second kappa shape index (κ2) is 8.74. The van der Waals surface area contributed by atoms with Crippen molar-refractivity contribution in [1.29, 1.82) is 0 Å². The fraction of sp³-hybridized carbons (Fsp3) is 0.647. The van der Waals surface area contributed by atoms with Crippen LogP contribution >= 0.6 is 11.6 Å². The number of halogens is 1. The Morgan fingerprint density at radius 2 is 2.10 bits per heavy atom. The Morgan fingerprint density at radius 1 is 1.33 bits per heavy atom. The number of nitrogens with zero attached hydrogens (tertiary/aromatic N) is 1. The van der Waals surface area contributed by atoms with Gasteiger partial charge in [-0.05, 0) is 37.4 Å². The fourth-order valence-electron chi connectivity index (χ4n) is 2.79. The van der Waals surface area contributed by atoms with Gasteiger partial charge in [-0.3, -0.25) is 4.90 Å². The lowest BCUT2D eigenvalue weighted by molar-refractivity contribution is 0.140. The highest BCUT2D eigenvalue weighted by atomic mass is 35.5. The molecule has 0 amide bonds. The van der Waals surface area contributed by atoms with E-state index in [0.717, 1.165) is 43.7 Å². The van der Waals surface area contributed by atoms with Gasteiger partial charge in [-0.2, -0.15) is 0 Å². The van der Waals surface area contributed by atoms with E-state index in [4.69, 9.17) is 16.3 Å². The van der Waals surface area contributed by atoms with Crippen molar-refractivity contribution >= 4 is 11.6 Å². The molecule has 1 aromatic rings. The molecule has 3 nitrogen and oxygen atoms in total. The zero-order valence-electron chi connectivity index (χ0n) is 13.1. The molecule has 4 heteroatoms. The van der Waals surface area contributed by atoms with Gasteiger partial charge in [0.2, 0.25) is 0 Å². The quantitative estimate of drug-likeness (QED) is 0.716. The molecule has 1 atom stereocenters. The number of hydrogen-bond acceptors (Lipinski definition) is 3. The van der Waals surface area contributed by atoms with E-state index in [1.54, 1.807) is 7.11 Å². The van der Waals surface area contributed by atoms with Gasteiger partial charge < -0.3 is 10.1 Å². The average Bonchev–Trinajstić information content (AvgIpc) is 3.31. The summed E-state index contributed by atoms with van der Waals surface area (Å²) < 4.78 is 5.23. The third-order valence-electron chi connectivity index (χ3n) is 4.08. The summed E-state index contributed by atoms with van der Waals surface area (Å²) in [5, 5.41) is 4.43. The maximum absolute atomic E-state index is 6.35. The maximum Gasteiger partial charge on any atom is 0.0589 e. The van der Waals surface area contributed by atoms with Crippen LogP contribution < -0.4 is 5.32 Å². The summed E-state index contributed by atoms with van der Waals surface area (Å²) in [6.45, 7) is 6.04. The molecule has 0 heterocycles. The highest BCUT2D eigenvalue weighted by molar-refractivity contribution is 6.31. The van der Waals surface area contributed by atoms with Crippen molar-refractivity contribution in [3.63, 3.8) is 0 Å². The molecule has 1 aliphatic carbocycles. The molecular formula is C17H27ClN2O. The average molecular weight is 311 g/mol. The van der Waals surface area contributed by atoms with Gasteiger partial charge in [0.05, 0.1) is 6.61 Å². The van der Waals surface area contributed by atoms with Gasteiger partial charge >= 0.3 is 0 Å². The number of methoxy groups -OCH3 is 1. The highest BCUT2D eigenvalue weighted by Gasteiger charge is 2.29. The van der Waals surface area contributed by atoms with Crippen molar-refractivity contribution in [2.75, 3.05) is 33.4 Å². The normalized spacial score (nSPS) is 16.4. The van der Waals surface area contributed by atoms with E-state index in [2.05, 4.69) is 29.3 Å². The van der Waals surface area contributed by atoms with Crippen molar-refractivity contribution in [2.24, 2.45) is 0 Å². The smallest absolute Gasteiger partial charge is 0.0589 e. The van der Waals surface area contributed by atoms with E-state index in [0.29, 0.717) is 6.04 Å². The molecule has 1 saturated carbocycles. The van der Waals surface area contributed by atoms with Crippen LogP contribution in [0.1, 0.15) is 37.8 Å². The number of ether oxygens (including phenoxy) is 1.